The quantitative estimate of drug-likeness (QED) is 0.557. The maximum absolute atomic E-state index is 11.3. The number of hydrogen-bond donors (Lipinski definition) is 0. The van der Waals surface area contributed by atoms with Crippen LogP contribution in [0.15, 0.2) is 0 Å². The Morgan fingerprint density at radius 1 is 1.42 bits per heavy atom. The smallest absolute Gasteiger partial charge is 0.410 e. The summed E-state index contributed by atoms with van der Waals surface area (Å²) in [7, 11) is 1.78. The molecule has 1 aliphatic rings. The fraction of sp³-hybridized carbons (Fsp3) is 0.889. The number of carbonyl (C=O) groups is 1. The van der Waals surface area contributed by atoms with Gasteiger partial charge in [-0.3, -0.25) is 0 Å². The lowest BCUT2D eigenvalue weighted by atomic mass is 9.85. The highest BCUT2D eigenvalue weighted by Gasteiger charge is 2.42. The van der Waals surface area contributed by atoms with E-state index in [0.717, 1.165) is 0 Å². The van der Waals surface area contributed by atoms with E-state index in [0.29, 0.717) is 5.92 Å². The molecule has 0 unspecified atom stereocenters. The SMILES string of the molecule is C[C@@H]1[C@H](C)C(C)(C)OC(=O)N1C. The molecule has 1 fully saturated rings. The average Bonchev–Trinajstić information content (AvgIpc) is 1.97. The minimum absolute atomic E-state index is 0.217. The lowest BCUT2D eigenvalue weighted by molar-refractivity contribution is -0.0771. The Bertz CT molecular complexity index is 201. The van der Waals surface area contributed by atoms with E-state index in [1.807, 2.05) is 20.8 Å². The molecule has 0 aromatic rings. The molecule has 1 heterocycles. The molecule has 0 spiro atoms. The maximum atomic E-state index is 11.3. The largest absolute Gasteiger partial charge is 0.443 e. The van der Waals surface area contributed by atoms with Gasteiger partial charge in [-0.1, -0.05) is 6.92 Å². The zero-order chi connectivity index (χ0) is 9.52. The lowest BCUT2D eigenvalue weighted by Gasteiger charge is -2.44. The maximum Gasteiger partial charge on any atom is 0.410 e. The van der Waals surface area contributed by atoms with Gasteiger partial charge in [0, 0.05) is 19.0 Å². The van der Waals surface area contributed by atoms with Crippen molar-refractivity contribution in [2.24, 2.45) is 5.92 Å². The van der Waals surface area contributed by atoms with Gasteiger partial charge in [0.05, 0.1) is 0 Å². The summed E-state index contributed by atoms with van der Waals surface area (Å²) in [5.74, 6) is 0.361. The molecule has 1 rings (SSSR count). The second kappa shape index (κ2) is 2.64. The second-order valence-electron chi connectivity index (χ2n) is 4.11. The Hall–Kier alpha value is -0.730. The van der Waals surface area contributed by atoms with Gasteiger partial charge in [-0.05, 0) is 20.8 Å². The van der Waals surface area contributed by atoms with Crippen LogP contribution in [0, 0.1) is 5.92 Å². The number of nitrogens with zero attached hydrogens (tertiary/aromatic N) is 1. The lowest BCUT2D eigenvalue weighted by Crippen LogP contribution is -2.55. The average molecular weight is 171 g/mol. The van der Waals surface area contributed by atoms with E-state index in [1.54, 1.807) is 11.9 Å². The Morgan fingerprint density at radius 3 is 2.42 bits per heavy atom. The summed E-state index contributed by atoms with van der Waals surface area (Å²) in [5, 5.41) is 0. The molecular formula is C9H17NO2. The van der Waals surface area contributed by atoms with Crippen molar-refractivity contribution in [1.82, 2.24) is 4.90 Å². The molecule has 0 aromatic heterocycles. The van der Waals surface area contributed by atoms with Crippen molar-refractivity contribution in [2.45, 2.75) is 39.3 Å². The van der Waals surface area contributed by atoms with Crippen LogP contribution in [0.3, 0.4) is 0 Å². The summed E-state index contributed by atoms with van der Waals surface area (Å²) in [6, 6.07) is 0.251. The van der Waals surface area contributed by atoms with Gasteiger partial charge in [-0.15, -0.1) is 0 Å². The van der Waals surface area contributed by atoms with Gasteiger partial charge in [-0.2, -0.15) is 0 Å². The fourth-order valence-electron chi connectivity index (χ4n) is 1.47. The molecule has 0 aromatic carbocycles. The molecule has 0 aliphatic carbocycles. The van der Waals surface area contributed by atoms with Gasteiger partial charge >= 0.3 is 6.09 Å². The number of rotatable bonds is 0. The first-order valence-corrected chi connectivity index (χ1v) is 4.32. The summed E-state index contributed by atoms with van der Waals surface area (Å²) in [6.45, 7) is 8.07. The zero-order valence-electron chi connectivity index (χ0n) is 8.42. The van der Waals surface area contributed by atoms with Gasteiger partial charge in [-0.25, -0.2) is 4.79 Å². The van der Waals surface area contributed by atoms with E-state index < -0.39 is 0 Å². The predicted molar refractivity (Wildman–Crippen MR) is 46.9 cm³/mol. The van der Waals surface area contributed by atoms with Crippen LogP contribution in [0.2, 0.25) is 0 Å². The highest BCUT2D eigenvalue weighted by atomic mass is 16.6. The molecule has 2 atom stereocenters. The Balaban J connectivity index is 2.85. The molecule has 70 valence electrons. The van der Waals surface area contributed by atoms with E-state index in [4.69, 9.17) is 4.74 Å². The highest BCUT2D eigenvalue weighted by Crippen LogP contribution is 2.31. The monoisotopic (exact) mass is 171 g/mol. The van der Waals surface area contributed by atoms with Gasteiger partial charge < -0.3 is 9.64 Å². The third kappa shape index (κ3) is 1.28. The van der Waals surface area contributed by atoms with Crippen LogP contribution in [-0.4, -0.2) is 29.7 Å². The first kappa shape index (κ1) is 9.36. The van der Waals surface area contributed by atoms with Crippen LogP contribution >= 0.6 is 0 Å². The molecule has 3 nitrogen and oxygen atoms in total. The molecule has 1 saturated heterocycles. The van der Waals surface area contributed by atoms with Crippen LogP contribution < -0.4 is 0 Å². The molecule has 12 heavy (non-hydrogen) atoms. The van der Waals surface area contributed by atoms with Crippen molar-refractivity contribution < 1.29 is 9.53 Å². The standard InChI is InChI=1S/C9H17NO2/c1-6-7(2)10(5)8(11)12-9(6,3)4/h6-7H,1-5H3/t6-,7+/m0/s1. The van der Waals surface area contributed by atoms with Gasteiger partial charge in [0.15, 0.2) is 0 Å². The van der Waals surface area contributed by atoms with Crippen molar-refractivity contribution in [1.29, 1.82) is 0 Å². The highest BCUT2D eigenvalue weighted by molar-refractivity contribution is 5.69. The molecule has 1 amide bonds. The van der Waals surface area contributed by atoms with Crippen molar-refractivity contribution >= 4 is 6.09 Å². The van der Waals surface area contributed by atoms with E-state index in [-0.39, 0.29) is 17.7 Å². The summed E-state index contributed by atoms with van der Waals surface area (Å²) >= 11 is 0. The number of ether oxygens (including phenoxy) is 1. The number of carbonyl (C=O) groups excluding carboxylic acids is 1. The zero-order valence-corrected chi connectivity index (χ0v) is 8.42. The summed E-state index contributed by atoms with van der Waals surface area (Å²) in [5.41, 5.74) is -0.330. The van der Waals surface area contributed by atoms with Crippen molar-refractivity contribution in [2.75, 3.05) is 7.05 Å². The summed E-state index contributed by atoms with van der Waals surface area (Å²) in [4.78, 5) is 12.9. The normalized spacial score (nSPS) is 34.8. The van der Waals surface area contributed by atoms with Crippen LogP contribution in [0.1, 0.15) is 27.7 Å². The summed E-state index contributed by atoms with van der Waals surface area (Å²) < 4.78 is 5.26. The molecule has 0 N–H and O–H groups in total. The molecule has 0 bridgehead atoms. The van der Waals surface area contributed by atoms with E-state index >= 15 is 0 Å². The summed E-state index contributed by atoms with van der Waals surface area (Å²) in [6.07, 6.45) is -0.217. The van der Waals surface area contributed by atoms with Gasteiger partial charge in [0.25, 0.3) is 0 Å². The van der Waals surface area contributed by atoms with E-state index in [2.05, 4.69) is 6.92 Å². The fourth-order valence-corrected chi connectivity index (χ4v) is 1.47. The van der Waals surface area contributed by atoms with E-state index in [9.17, 15) is 4.79 Å². The molecule has 3 heteroatoms. The first-order valence-electron chi connectivity index (χ1n) is 4.32. The molecular weight excluding hydrogens is 154 g/mol. The Morgan fingerprint density at radius 2 is 1.92 bits per heavy atom. The predicted octanol–water partition coefficient (Wildman–Crippen LogP) is 1.87. The number of hydrogen-bond acceptors (Lipinski definition) is 2. The van der Waals surface area contributed by atoms with Crippen LogP contribution in [-0.2, 0) is 4.74 Å². The minimum Gasteiger partial charge on any atom is -0.443 e. The molecule has 0 saturated carbocycles. The first-order chi connectivity index (χ1) is 5.36. The van der Waals surface area contributed by atoms with Gasteiger partial charge in [0.1, 0.15) is 5.60 Å². The third-order valence-corrected chi connectivity index (χ3v) is 3.07. The molecule has 0 radical (unpaired) electrons. The number of amides is 1. The van der Waals surface area contributed by atoms with Gasteiger partial charge in [0.2, 0.25) is 0 Å². The van der Waals surface area contributed by atoms with Crippen molar-refractivity contribution in [3.05, 3.63) is 0 Å². The minimum atomic E-state index is -0.330. The van der Waals surface area contributed by atoms with Crippen molar-refractivity contribution in [3.8, 4) is 0 Å². The van der Waals surface area contributed by atoms with Crippen LogP contribution in [0.5, 0.6) is 0 Å². The third-order valence-electron chi connectivity index (χ3n) is 3.07. The van der Waals surface area contributed by atoms with Crippen molar-refractivity contribution in [3.63, 3.8) is 0 Å². The van der Waals surface area contributed by atoms with E-state index in [1.165, 1.54) is 0 Å². The topological polar surface area (TPSA) is 29.5 Å². The van der Waals surface area contributed by atoms with Crippen LogP contribution in [0.4, 0.5) is 4.79 Å². The Kier molecular flexibility index (Phi) is 2.06. The second-order valence-corrected chi connectivity index (χ2v) is 4.11. The molecule has 1 aliphatic heterocycles. The number of cyclic esters (lactones) is 1. The Labute approximate surface area is 73.7 Å². The van der Waals surface area contributed by atoms with Crippen LogP contribution in [0.25, 0.3) is 0 Å².